The Morgan fingerprint density at radius 1 is 1.15 bits per heavy atom. The van der Waals surface area contributed by atoms with Gasteiger partial charge in [-0.05, 0) is 62.1 Å². The molecule has 1 unspecified atom stereocenters. The second kappa shape index (κ2) is 7.39. The van der Waals surface area contributed by atoms with E-state index < -0.39 is 12.1 Å². The van der Waals surface area contributed by atoms with Crippen molar-refractivity contribution in [1.82, 2.24) is 5.32 Å². The minimum Gasteiger partial charge on any atom is -0.326 e. The van der Waals surface area contributed by atoms with Crippen LogP contribution in [0.4, 0.5) is 16.2 Å². The summed E-state index contributed by atoms with van der Waals surface area (Å²) in [6.45, 7) is 3.32. The Morgan fingerprint density at radius 2 is 1.92 bits per heavy atom. The first-order chi connectivity index (χ1) is 12.4. The van der Waals surface area contributed by atoms with Crippen molar-refractivity contribution in [2.75, 3.05) is 10.6 Å². The predicted molar refractivity (Wildman–Crippen MR) is 101 cm³/mol. The van der Waals surface area contributed by atoms with Gasteiger partial charge in [0.15, 0.2) is 5.78 Å². The van der Waals surface area contributed by atoms with Crippen LogP contribution >= 0.6 is 0 Å². The number of rotatable bonds is 3. The molecule has 0 saturated heterocycles. The summed E-state index contributed by atoms with van der Waals surface area (Å²) >= 11 is 0. The average molecular weight is 351 g/mol. The fourth-order valence-corrected chi connectivity index (χ4v) is 3.11. The first-order valence-electron chi connectivity index (χ1n) is 8.52. The van der Waals surface area contributed by atoms with E-state index in [4.69, 9.17) is 0 Å². The van der Waals surface area contributed by atoms with Crippen LogP contribution in [-0.4, -0.2) is 23.8 Å². The number of para-hydroxylation sites is 1. The normalized spacial score (nSPS) is 16.1. The Bertz CT molecular complexity index is 876. The number of anilines is 2. The van der Waals surface area contributed by atoms with E-state index in [1.54, 1.807) is 18.2 Å². The topological polar surface area (TPSA) is 87.3 Å². The van der Waals surface area contributed by atoms with Crippen LogP contribution in [-0.2, 0) is 11.2 Å². The summed E-state index contributed by atoms with van der Waals surface area (Å²) < 4.78 is 0. The number of hydrogen-bond acceptors (Lipinski definition) is 3. The van der Waals surface area contributed by atoms with Gasteiger partial charge in [0.2, 0.25) is 5.91 Å². The van der Waals surface area contributed by atoms with Gasteiger partial charge in [-0.3, -0.25) is 9.59 Å². The van der Waals surface area contributed by atoms with E-state index in [-0.39, 0.29) is 11.7 Å². The van der Waals surface area contributed by atoms with Gasteiger partial charge < -0.3 is 16.0 Å². The molecular formula is C20H21N3O3. The second-order valence-electron chi connectivity index (χ2n) is 6.42. The maximum Gasteiger partial charge on any atom is 0.319 e. The molecule has 1 aliphatic heterocycles. The third-order valence-electron chi connectivity index (χ3n) is 4.46. The van der Waals surface area contributed by atoms with E-state index in [0.29, 0.717) is 24.1 Å². The summed E-state index contributed by atoms with van der Waals surface area (Å²) in [6.07, 6.45) is 1.23. The molecule has 1 aliphatic rings. The van der Waals surface area contributed by atoms with Crippen LogP contribution in [0.5, 0.6) is 0 Å². The molecule has 1 heterocycles. The van der Waals surface area contributed by atoms with Crippen LogP contribution in [0.2, 0.25) is 0 Å². The van der Waals surface area contributed by atoms with Gasteiger partial charge >= 0.3 is 6.03 Å². The fourth-order valence-electron chi connectivity index (χ4n) is 3.11. The second-order valence-corrected chi connectivity index (χ2v) is 6.42. The van der Waals surface area contributed by atoms with Crippen molar-refractivity contribution in [3.05, 3.63) is 59.2 Å². The van der Waals surface area contributed by atoms with Crippen LogP contribution in [0.15, 0.2) is 42.5 Å². The smallest absolute Gasteiger partial charge is 0.319 e. The number of fused-ring (bicyclic) bond motifs is 1. The summed E-state index contributed by atoms with van der Waals surface area (Å²) in [6, 6.07) is 11.6. The highest BCUT2D eigenvalue weighted by molar-refractivity contribution is 6.00. The number of ketones is 1. The lowest BCUT2D eigenvalue weighted by atomic mass is 10.0. The van der Waals surface area contributed by atoms with Crippen LogP contribution in [0.3, 0.4) is 0 Å². The van der Waals surface area contributed by atoms with Crippen molar-refractivity contribution in [3.63, 3.8) is 0 Å². The Hall–Kier alpha value is -3.15. The summed E-state index contributed by atoms with van der Waals surface area (Å²) in [7, 11) is 0. The van der Waals surface area contributed by atoms with Crippen LogP contribution in [0.1, 0.15) is 34.8 Å². The van der Waals surface area contributed by atoms with Gasteiger partial charge in [0.25, 0.3) is 0 Å². The van der Waals surface area contributed by atoms with Gasteiger partial charge in [0, 0.05) is 16.9 Å². The van der Waals surface area contributed by atoms with E-state index in [1.807, 2.05) is 31.2 Å². The number of hydrogen-bond donors (Lipinski definition) is 3. The number of carbonyl (C=O) groups is 3. The van der Waals surface area contributed by atoms with Gasteiger partial charge in [-0.15, -0.1) is 0 Å². The molecule has 0 fully saturated rings. The van der Waals surface area contributed by atoms with Crippen molar-refractivity contribution >= 4 is 29.1 Å². The number of benzene rings is 2. The van der Waals surface area contributed by atoms with Gasteiger partial charge in [-0.1, -0.05) is 18.2 Å². The number of nitrogens with one attached hydrogen (secondary N) is 3. The summed E-state index contributed by atoms with van der Waals surface area (Å²) in [5.41, 5.74) is 3.83. The SMILES string of the molecule is CC(=O)c1ccc(NC(=O)NC2CCc3ccccc3NC2=O)cc1C. The van der Waals surface area contributed by atoms with E-state index in [2.05, 4.69) is 16.0 Å². The van der Waals surface area contributed by atoms with Crippen molar-refractivity contribution < 1.29 is 14.4 Å². The largest absolute Gasteiger partial charge is 0.326 e. The molecule has 3 amide bonds. The van der Waals surface area contributed by atoms with Gasteiger partial charge in [-0.25, -0.2) is 4.79 Å². The molecule has 0 aliphatic carbocycles. The Balaban J connectivity index is 1.64. The minimum atomic E-state index is -0.611. The monoisotopic (exact) mass is 351 g/mol. The van der Waals surface area contributed by atoms with E-state index in [0.717, 1.165) is 16.8 Å². The molecule has 0 bridgehead atoms. The standard InChI is InChI=1S/C20H21N3O3/c1-12-11-15(8-9-16(12)13(2)24)21-20(26)23-18-10-7-14-5-3-4-6-17(14)22-19(18)25/h3-6,8-9,11,18H,7,10H2,1-2H3,(H,22,25)(H2,21,23,26). The molecule has 0 aromatic heterocycles. The zero-order valence-electron chi connectivity index (χ0n) is 14.8. The lowest BCUT2D eigenvalue weighted by Gasteiger charge is -2.16. The molecule has 0 spiro atoms. The maximum atomic E-state index is 12.3. The number of aryl methyl sites for hydroxylation is 2. The molecule has 0 saturated carbocycles. The average Bonchev–Trinajstić information content (AvgIpc) is 2.74. The number of urea groups is 1. The van der Waals surface area contributed by atoms with Gasteiger partial charge in [0.05, 0.1) is 0 Å². The molecule has 2 aromatic rings. The molecule has 3 N–H and O–H groups in total. The highest BCUT2D eigenvalue weighted by atomic mass is 16.2. The Labute approximate surface area is 152 Å². The quantitative estimate of drug-likeness (QED) is 0.742. The van der Waals surface area contributed by atoms with Crippen LogP contribution in [0.25, 0.3) is 0 Å². The third-order valence-corrected chi connectivity index (χ3v) is 4.46. The summed E-state index contributed by atoms with van der Waals surface area (Å²) in [4.78, 5) is 36.1. The molecule has 3 rings (SSSR count). The van der Waals surface area contributed by atoms with Crippen molar-refractivity contribution in [2.45, 2.75) is 32.7 Å². The van der Waals surface area contributed by atoms with Gasteiger partial charge in [-0.2, -0.15) is 0 Å². The van der Waals surface area contributed by atoms with E-state index in [9.17, 15) is 14.4 Å². The first kappa shape index (κ1) is 17.7. The molecule has 134 valence electrons. The molecule has 6 nitrogen and oxygen atoms in total. The lowest BCUT2D eigenvalue weighted by molar-refractivity contribution is -0.117. The van der Waals surface area contributed by atoms with Gasteiger partial charge in [0.1, 0.15) is 6.04 Å². The fraction of sp³-hybridized carbons (Fsp3) is 0.250. The zero-order chi connectivity index (χ0) is 18.7. The Morgan fingerprint density at radius 3 is 2.65 bits per heavy atom. The highest BCUT2D eigenvalue weighted by Gasteiger charge is 2.24. The molecule has 2 aromatic carbocycles. The molecule has 1 atom stereocenters. The van der Waals surface area contributed by atoms with Crippen molar-refractivity contribution in [1.29, 1.82) is 0 Å². The van der Waals surface area contributed by atoms with E-state index >= 15 is 0 Å². The third kappa shape index (κ3) is 3.91. The predicted octanol–water partition coefficient (Wildman–Crippen LogP) is 3.27. The zero-order valence-corrected chi connectivity index (χ0v) is 14.8. The maximum absolute atomic E-state index is 12.3. The minimum absolute atomic E-state index is 0.0202. The first-order valence-corrected chi connectivity index (χ1v) is 8.52. The molecular weight excluding hydrogens is 330 g/mol. The molecule has 0 radical (unpaired) electrons. The number of carbonyl (C=O) groups excluding carboxylic acids is 3. The number of Topliss-reactive ketones (excluding diaryl/α,β-unsaturated/α-hetero) is 1. The highest BCUT2D eigenvalue weighted by Crippen LogP contribution is 2.21. The van der Waals surface area contributed by atoms with Crippen molar-refractivity contribution in [3.8, 4) is 0 Å². The Kier molecular flexibility index (Phi) is 5.02. The van der Waals surface area contributed by atoms with Crippen molar-refractivity contribution in [2.24, 2.45) is 0 Å². The van der Waals surface area contributed by atoms with Crippen LogP contribution < -0.4 is 16.0 Å². The van der Waals surface area contributed by atoms with E-state index in [1.165, 1.54) is 6.92 Å². The molecule has 6 heteroatoms. The summed E-state index contributed by atoms with van der Waals surface area (Å²) in [5.74, 6) is -0.249. The summed E-state index contributed by atoms with van der Waals surface area (Å²) in [5, 5.41) is 8.29. The number of amides is 3. The molecule has 26 heavy (non-hydrogen) atoms. The van der Waals surface area contributed by atoms with Crippen LogP contribution in [0, 0.1) is 6.92 Å². The lowest BCUT2D eigenvalue weighted by Crippen LogP contribution is -2.45.